The summed E-state index contributed by atoms with van der Waals surface area (Å²) in [5, 5.41) is 0. The Hall–Kier alpha value is -1.57. The van der Waals surface area contributed by atoms with E-state index in [1.54, 1.807) is 23.3 Å². The third-order valence-electron chi connectivity index (χ3n) is 3.78. The van der Waals surface area contributed by atoms with Gasteiger partial charge in [0, 0.05) is 23.9 Å². The minimum Gasteiger partial charge on any atom is -0.606 e. The zero-order valence-electron chi connectivity index (χ0n) is 13.0. The molecule has 0 fully saturated rings. The molecule has 1 aromatic rings. The lowest BCUT2D eigenvalue weighted by atomic mass is 10.0. The highest BCUT2D eigenvalue weighted by Crippen LogP contribution is 2.27. The van der Waals surface area contributed by atoms with Crippen molar-refractivity contribution >= 4 is 27.0 Å². The average molecular weight is 350 g/mol. The van der Waals surface area contributed by atoms with Crippen LogP contribution in [0, 0.1) is 0 Å². The van der Waals surface area contributed by atoms with Crippen LogP contribution in [-0.4, -0.2) is 36.0 Å². The Morgan fingerprint density at radius 2 is 1.96 bits per heavy atom. The van der Waals surface area contributed by atoms with Gasteiger partial charge in [0.25, 0.3) is 10.0 Å². The van der Waals surface area contributed by atoms with Crippen molar-refractivity contribution in [2.45, 2.75) is 24.7 Å². The molecule has 0 bridgehead atoms. The van der Waals surface area contributed by atoms with E-state index in [0.717, 1.165) is 0 Å². The van der Waals surface area contributed by atoms with Crippen molar-refractivity contribution < 1.29 is 13.0 Å². The van der Waals surface area contributed by atoms with E-state index in [4.69, 9.17) is 0 Å². The number of amidine groups is 1. The van der Waals surface area contributed by atoms with E-state index >= 15 is 0 Å². The SMILES string of the molecule is CC(C)c1ccc([S+]([O-])C2=CC=CN3CCS(=O)(=O)N=C23)cc1. The molecular formula is C16H18N2O3S2. The first-order valence-corrected chi connectivity index (χ1v) is 10.1. The maximum Gasteiger partial charge on any atom is 0.257 e. The monoisotopic (exact) mass is 350 g/mol. The fraction of sp³-hybridized carbons (Fsp3) is 0.312. The molecule has 122 valence electrons. The number of sulfonamides is 1. The highest BCUT2D eigenvalue weighted by atomic mass is 32.2. The normalized spacial score (nSPS) is 20.8. The molecule has 0 spiro atoms. The fourth-order valence-electron chi connectivity index (χ4n) is 2.44. The molecule has 2 heterocycles. The largest absolute Gasteiger partial charge is 0.606 e. The molecule has 1 unspecified atom stereocenters. The molecule has 1 atom stereocenters. The lowest BCUT2D eigenvalue weighted by molar-refractivity contribution is 0.546. The van der Waals surface area contributed by atoms with E-state index in [0.29, 0.717) is 22.3 Å². The zero-order chi connectivity index (χ0) is 16.6. The number of nitrogens with zero attached hydrogens (tertiary/aromatic N) is 2. The second-order valence-electron chi connectivity index (χ2n) is 5.76. The second kappa shape index (κ2) is 6.14. The van der Waals surface area contributed by atoms with Crippen LogP contribution in [-0.2, 0) is 21.2 Å². The lowest BCUT2D eigenvalue weighted by Gasteiger charge is -2.28. The van der Waals surface area contributed by atoms with Crippen molar-refractivity contribution in [1.29, 1.82) is 0 Å². The summed E-state index contributed by atoms with van der Waals surface area (Å²) in [4.78, 5) is 2.80. The van der Waals surface area contributed by atoms with E-state index in [-0.39, 0.29) is 11.6 Å². The Bertz CT molecular complexity index is 793. The standard InChI is InChI=1S/C16H18N2O3S2/c1-12(2)13-5-7-14(8-6-13)22(19)15-4-3-9-18-10-11-23(20,21)17-16(15)18/h3-9,12H,10-11H2,1-2H3. The molecule has 0 radical (unpaired) electrons. The third-order valence-corrected chi connectivity index (χ3v) is 6.35. The van der Waals surface area contributed by atoms with E-state index in [2.05, 4.69) is 18.2 Å². The van der Waals surface area contributed by atoms with Crippen molar-refractivity contribution in [3.8, 4) is 0 Å². The molecule has 0 N–H and O–H groups in total. The summed E-state index contributed by atoms with van der Waals surface area (Å²) >= 11 is -1.47. The number of fused-ring (bicyclic) bond motifs is 1. The number of benzene rings is 1. The van der Waals surface area contributed by atoms with E-state index in [1.165, 1.54) is 5.56 Å². The first-order chi connectivity index (χ1) is 10.9. The molecule has 0 saturated carbocycles. The molecule has 2 aliphatic rings. The Labute approximate surface area is 139 Å². The van der Waals surface area contributed by atoms with Gasteiger partial charge in [0.1, 0.15) is 0 Å². The van der Waals surface area contributed by atoms with Gasteiger partial charge in [0.15, 0.2) is 4.90 Å². The molecule has 7 heteroatoms. The zero-order valence-corrected chi connectivity index (χ0v) is 14.6. The lowest BCUT2D eigenvalue weighted by Crippen LogP contribution is -2.39. The van der Waals surface area contributed by atoms with Gasteiger partial charge in [-0.15, -0.1) is 4.40 Å². The van der Waals surface area contributed by atoms with Gasteiger partial charge in [-0.05, 0) is 35.8 Å². The van der Waals surface area contributed by atoms with Gasteiger partial charge in [0.05, 0.1) is 5.75 Å². The molecule has 2 aliphatic heterocycles. The molecule has 23 heavy (non-hydrogen) atoms. The Morgan fingerprint density at radius 1 is 1.26 bits per heavy atom. The summed E-state index contributed by atoms with van der Waals surface area (Å²) in [6.45, 7) is 4.53. The van der Waals surface area contributed by atoms with Crippen LogP contribution in [0.4, 0.5) is 0 Å². The van der Waals surface area contributed by atoms with Crippen LogP contribution >= 0.6 is 0 Å². The van der Waals surface area contributed by atoms with Crippen molar-refractivity contribution in [2.75, 3.05) is 12.3 Å². The van der Waals surface area contributed by atoms with Crippen molar-refractivity contribution in [2.24, 2.45) is 4.40 Å². The number of rotatable bonds is 3. The van der Waals surface area contributed by atoms with Gasteiger partial charge in [0.2, 0.25) is 10.7 Å². The topological polar surface area (TPSA) is 72.8 Å². The third kappa shape index (κ3) is 3.36. The number of allylic oxidation sites excluding steroid dienone is 2. The van der Waals surface area contributed by atoms with Gasteiger partial charge in [-0.3, -0.25) is 0 Å². The Balaban J connectivity index is 1.94. The Morgan fingerprint density at radius 3 is 2.61 bits per heavy atom. The summed E-state index contributed by atoms with van der Waals surface area (Å²) in [5.41, 5.74) is 1.17. The quantitative estimate of drug-likeness (QED) is 0.785. The van der Waals surface area contributed by atoms with Crippen LogP contribution in [0.3, 0.4) is 0 Å². The Kier molecular flexibility index (Phi) is 4.35. The van der Waals surface area contributed by atoms with Crippen LogP contribution in [0.15, 0.2) is 56.8 Å². The van der Waals surface area contributed by atoms with E-state index in [9.17, 15) is 13.0 Å². The maximum absolute atomic E-state index is 12.9. The predicted octanol–water partition coefficient (Wildman–Crippen LogP) is 2.37. The van der Waals surface area contributed by atoms with Gasteiger partial charge in [-0.25, -0.2) is 8.42 Å². The second-order valence-corrected chi connectivity index (χ2v) is 8.96. The number of hydrogen-bond donors (Lipinski definition) is 0. The van der Waals surface area contributed by atoms with Crippen LogP contribution in [0.5, 0.6) is 0 Å². The van der Waals surface area contributed by atoms with Gasteiger partial charge < -0.3 is 9.45 Å². The highest BCUT2D eigenvalue weighted by molar-refractivity contribution is 7.96. The minimum absolute atomic E-state index is 0.0240. The molecule has 3 rings (SSSR count). The smallest absolute Gasteiger partial charge is 0.257 e. The van der Waals surface area contributed by atoms with Crippen molar-refractivity contribution in [1.82, 2.24) is 4.90 Å². The van der Waals surface area contributed by atoms with Crippen LogP contribution in [0.1, 0.15) is 25.3 Å². The summed E-state index contributed by atoms with van der Waals surface area (Å²) in [5.74, 6) is 0.645. The van der Waals surface area contributed by atoms with E-state index in [1.807, 2.05) is 24.3 Å². The van der Waals surface area contributed by atoms with Crippen molar-refractivity contribution in [3.63, 3.8) is 0 Å². The first-order valence-electron chi connectivity index (χ1n) is 7.37. The summed E-state index contributed by atoms with van der Waals surface area (Å²) in [6, 6.07) is 7.56. The van der Waals surface area contributed by atoms with Crippen LogP contribution in [0.25, 0.3) is 0 Å². The summed E-state index contributed by atoms with van der Waals surface area (Å²) in [6.07, 6.45) is 5.20. The molecule has 5 nitrogen and oxygen atoms in total. The van der Waals surface area contributed by atoms with Gasteiger partial charge in [-0.2, -0.15) is 0 Å². The first kappa shape index (κ1) is 16.3. The van der Waals surface area contributed by atoms with Gasteiger partial charge >= 0.3 is 0 Å². The molecule has 0 aliphatic carbocycles. The minimum atomic E-state index is -3.48. The predicted molar refractivity (Wildman–Crippen MR) is 92.1 cm³/mol. The molecule has 0 amide bonds. The summed E-state index contributed by atoms with van der Waals surface area (Å²) in [7, 11) is -3.48. The fourth-order valence-corrected chi connectivity index (χ4v) is 4.65. The molecule has 0 saturated heterocycles. The van der Waals surface area contributed by atoms with Gasteiger partial charge in [-0.1, -0.05) is 26.0 Å². The molecule has 1 aromatic carbocycles. The van der Waals surface area contributed by atoms with Crippen molar-refractivity contribution in [3.05, 3.63) is 53.1 Å². The average Bonchev–Trinajstić information content (AvgIpc) is 2.53. The van der Waals surface area contributed by atoms with E-state index < -0.39 is 21.2 Å². The molecule has 0 aromatic heterocycles. The maximum atomic E-state index is 12.9. The number of hydrogen-bond acceptors (Lipinski definition) is 4. The highest BCUT2D eigenvalue weighted by Gasteiger charge is 2.33. The van der Waals surface area contributed by atoms with Crippen LogP contribution in [0.2, 0.25) is 0 Å². The molecular weight excluding hydrogens is 332 g/mol. The summed E-state index contributed by atoms with van der Waals surface area (Å²) < 4.78 is 40.2. The van der Waals surface area contributed by atoms with Crippen LogP contribution < -0.4 is 0 Å².